The van der Waals surface area contributed by atoms with Crippen LogP contribution in [0.4, 0.5) is 0 Å². The van der Waals surface area contributed by atoms with Crippen LogP contribution in [0, 0.1) is 0 Å². The lowest BCUT2D eigenvalue weighted by atomic mass is 9.93. The summed E-state index contributed by atoms with van der Waals surface area (Å²) in [6.07, 6.45) is 0. The molecule has 0 aliphatic rings. The minimum absolute atomic E-state index is 0.579. The lowest BCUT2D eigenvalue weighted by molar-refractivity contribution is 0.623. The second kappa shape index (κ2) is 15.5. The molecule has 2 heterocycles. The van der Waals surface area contributed by atoms with Crippen molar-refractivity contribution in [1.29, 1.82) is 0 Å². The molecule has 9 aromatic carbocycles. The van der Waals surface area contributed by atoms with Gasteiger partial charge in [0, 0.05) is 27.6 Å². The van der Waals surface area contributed by atoms with Gasteiger partial charge in [-0.2, -0.15) is 0 Å². The van der Waals surface area contributed by atoms with Crippen LogP contribution in [0.25, 0.3) is 112 Å². The molecular weight excluding hydrogens is 745 g/mol. The van der Waals surface area contributed by atoms with Gasteiger partial charge >= 0.3 is 0 Å². The van der Waals surface area contributed by atoms with E-state index >= 15 is 0 Å². The molecule has 0 amide bonds. The van der Waals surface area contributed by atoms with Crippen LogP contribution in [0.3, 0.4) is 0 Å². The lowest BCUT2D eigenvalue weighted by Gasteiger charge is -2.14. The van der Waals surface area contributed by atoms with E-state index in [0.717, 1.165) is 77.5 Å². The number of nitrogens with zero attached hydrogens (tertiary/aromatic N) is 4. The Morgan fingerprint density at radius 2 is 0.672 bits per heavy atom. The summed E-state index contributed by atoms with van der Waals surface area (Å²) in [5, 5.41) is 2.04. The summed E-state index contributed by atoms with van der Waals surface area (Å²) < 4.78 is 6.59. The molecule has 5 heteroatoms. The molecule has 286 valence electrons. The zero-order valence-corrected chi connectivity index (χ0v) is 33.0. The highest BCUT2D eigenvalue weighted by molar-refractivity contribution is 6.12. The van der Waals surface area contributed by atoms with Crippen molar-refractivity contribution in [1.82, 2.24) is 19.9 Å². The molecule has 0 bridgehead atoms. The number of aromatic nitrogens is 4. The third kappa shape index (κ3) is 6.94. The monoisotopic (exact) mass is 780 g/mol. The molecule has 0 fully saturated rings. The summed E-state index contributed by atoms with van der Waals surface area (Å²) in [7, 11) is 0. The van der Waals surface area contributed by atoms with Gasteiger partial charge in [-0.3, -0.25) is 0 Å². The van der Waals surface area contributed by atoms with Gasteiger partial charge in [0.1, 0.15) is 5.52 Å². The molecule has 0 saturated carbocycles. The first kappa shape index (κ1) is 35.8. The molecule has 0 unspecified atom stereocenters. The molecular formula is C56H36N4O. The number of rotatable bonds is 8. The van der Waals surface area contributed by atoms with E-state index in [0.29, 0.717) is 23.4 Å². The first-order chi connectivity index (χ1) is 30.2. The summed E-state index contributed by atoms with van der Waals surface area (Å²) in [5.41, 5.74) is 14.1. The molecule has 0 N–H and O–H groups in total. The molecule has 0 spiro atoms. The van der Waals surface area contributed by atoms with Crippen molar-refractivity contribution in [2.45, 2.75) is 0 Å². The molecule has 0 aliphatic heterocycles. The first-order valence-electron chi connectivity index (χ1n) is 20.4. The Hall–Kier alpha value is -8.28. The van der Waals surface area contributed by atoms with E-state index in [9.17, 15) is 0 Å². The highest BCUT2D eigenvalue weighted by Crippen LogP contribution is 2.40. The van der Waals surface area contributed by atoms with Gasteiger partial charge in [-0.25, -0.2) is 19.9 Å². The molecule has 11 rings (SSSR count). The average molecular weight is 781 g/mol. The van der Waals surface area contributed by atoms with Crippen LogP contribution >= 0.6 is 0 Å². The topological polar surface area (TPSA) is 64.7 Å². The minimum atomic E-state index is 0.579. The fourth-order valence-corrected chi connectivity index (χ4v) is 8.09. The van der Waals surface area contributed by atoms with E-state index in [1.165, 1.54) is 11.1 Å². The third-order valence-corrected chi connectivity index (χ3v) is 11.2. The number of hydrogen-bond acceptors (Lipinski definition) is 5. The zero-order valence-electron chi connectivity index (χ0n) is 33.0. The van der Waals surface area contributed by atoms with Gasteiger partial charge in [-0.15, -0.1) is 0 Å². The van der Waals surface area contributed by atoms with Gasteiger partial charge in [-0.1, -0.05) is 200 Å². The average Bonchev–Trinajstić information content (AvgIpc) is 3.80. The Kier molecular flexibility index (Phi) is 9.10. The Morgan fingerprint density at radius 3 is 1.20 bits per heavy atom. The van der Waals surface area contributed by atoms with Crippen LogP contribution < -0.4 is 0 Å². The smallest absolute Gasteiger partial charge is 0.227 e. The third-order valence-electron chi connectivity index (χ3n) is 11.2. The van der Waals surface area contributed by atoms with E-state index in [1.807, 2.05) is 54.6 Å². The Morgan fingerprint density at radius 1 is 0.262 bits per heavy atom. The number of benzene rings is 9. The molecule has 5 nitrogen and oxygen atoms in total. The maximum absolute atomic E-state index is 6.59. The Balaban J connectivity index is 1.03. The van der Waals surface area contributed by atoms with E-state index in [2.05, 4.69) is 164 Å². The van der Waals surface area contributed by atoms with Gasteiger partial charge < -0.3 is 4.42 Å². The molecule has 2 aromatic heterocycles. The van der Waals surface area contributed by atoms with E-state index in [-0.39, 0.29) is 0 Å². The predicted molar refractivity (Wildman–Crippen MR) is 248 cm³/mol. The summed E-state index contributed by atoms with van der Waals surface area (Å²) in [4.78, 5) is 20.5. The van der Waals surface area contributed by atoms with Gasteiger partial charge in [0.15, 0.2) is 23.1 Å². The Labute approximate surface area is 353 Å². The van der Waals surface area contributed by atoms with Gasteiger partial charge in [0.05, 0.1) is 0 Å². The summed E-state index contributed by atoms with van der Waals surface area (Å²) in [5.74, 6) is 2.36. The van der Waals surface area contributed by atoms with Crippen molar-refractivity contribution >= 4 is 21.9 Å². The summed E-state index contributed by atoms with van der Waals surface area (Å²) >= 11 is 0. The van der Waals surface area contributed by atoms with Gasteiger partial charge in [0.2, 0.25) is 5.89 Å². The number of hydrogen-bond donors (Lipinski definition) is 0. The fourth-order valence-electron chi connectivity index (χ4n) is 8.09. The maximum Gasteiger partial charge on any atom is 0.227 e. The van der Waals surface area contributed by atoms with Crippen LogP contribution in [0.15, 0.2) is 223 Å². The van der Waals surface area contributed by atoms with Crippen molar-refractivity contribution in [2.24, 2.45) is 0 Å². The van der Waals surface area contributed by atoms with Gasteiger partial charge in [-0.05, 0) is 68.1 Å². The largest absolute Gasteiger partial charge is 0.435 e. The van der Waals surface area contributed by atoms with Crippen LogP contribution in [0.5, 0.6) is 0 Å². The minimum Gasteiger partial charge on any atom is -0.435 e. The second-order valence-electron chi connectivity index (χ2n) is 15.0. The summed E-state index contributed by atoms with van der Waals surface area (Å²) in [6.45, 7) is 0. The van der Waals surface area contributed by atoms with Crippen molar-refractivity contribution in [3.05, 3.63) is 218 Å². The molecule has 11 aromatic rings. The number of fused-ring (bicyclic) bond motifs is 3. The normalized spacial score (nSPS) is 11.3. The van der Waals surface area contributed by atoms with Crippen molar-refractivity contribution < 1.29 is 4.42 Å². The van der Waals surface area contributed by atoms with Crippen LogP contribution in [-0.2, 0) is 0 Å². The van der Waals surface area contributed by atoms with Crippen LogP contribution in [0.1, 0.15) is 0 Å². The van der Waals surface area contributed by atoms with Gasteiger partial charge in [0.25, 0.3) is 0 Å². The zero-order chi connectivity index (χ0) is 40.5. The van der Waals surface area contributed by atoms with Crippen molar-refractivity contribution in [2.75, 3.05) is 0 Å². The van der Waals surface area contributed by atoms with Crippen LogP contribution in [-0.4, -0.2) is 19.9 Å². The first-order valence-corrected chi connectivity index (χ1v) is 20.4. The Bertz CT molecular complexity index is 3310. The molecule has 0 atom stereocenters. The molecule has 0 saturated heterocycles. The summed E-state index contributed by atoms with van der Waals surface area (Å²) in [6, 6.07) is 75.3. The number of oxazole rings is 1. The van der Waals surface area contributed by atoms with E-state index in [4.69, 9.17) is 24.4 Å². The molecule has 0 aliphatic carbocycles. The van der Waals surface area contributed by atoms with E-state index in [1.54, 1.807) is 0 Å². The quantitative estimate of drug-likeness (QED) is 0.154. The highest BCUT2D eigenvalue weighted by Gasteiger charge is 2.20. The van der Waals surface area contributed by atoms with Crippen LogP contribution in [0.2, 0.25) is 0 Å². The SMILES string of the molecule is c1ccc(-c2ccc(-c3ccc(-c4nc(-c5ccc(-c6ccccc6)cc5)nc(-c5ccccc5-c5cccc6ccc7nc(-c8ccccc8)oc7c56)n4)cc3)cc2)cc1. The second-order valence-corrected chi connectivity index (χ2v) is 15.0. The molecule has 61 heavy (non-hydrogen) atoms. The maximum atomic E-state index is 6.59. The lowest BCUT2D eigenvalue weighted by Crippen LogP contribution is -2.01. The van der Waals surface area contributed by atoms with Crippen molar-refractivity contribution in [3.63, 3.8) is 0 Å². The van der Waals surface area contributed by atoms with Crippen molar-refractivity contribution in [3.8, 4) is 90.1 Å². The standard InChI is InChI=1S/C56H36N4O/c1-4-13-37(14-5-1)39-23-25-41(26-24-39)42-29-33-45(34-30-42)54-58-53(44-31-27-40(28-32-44)38-15-6-2-7-16-38)59-55(60-54)49-21-11-10-20-47(49)48-22-12-19-43-35-36-50-52(51(43)48)61-56(57-50)46-17-8-3-9-18-46/h1-36H. The fraction of sp³-hybridized carbons (Fsp3) is 0. The molecule has 0 radical (unpaired) electrons. The van der Waals surface area contributed by atoms with E-state index < -0.39 is 0 Å². The predicted octanol–water partition coefficient (Wildman–Crippen LogP) is 14.5. The highest BCUT2D eigenvalue weighted by atomic mass is 16.3.